The van der Waals surface area contributed by atoms with E-state index < -0.39 is 0 Å². The Morgan fingerprint density at radius 3 is 1.89 bits per heavy atom. The standard InChI is InChI=1S/C50H31N3O2/c1-3-12-32(13-4-1)34-22-25-37(26-23-34)53(38-27-24-33-14-7-8-17-36(33)30-38)39-28-29-40-45(31-39)54-44-21-11-19-42(46(40)44)50-51-47(35-15-5-2-6-16-35)49-48(52-50)41-18-9-10-20-43(41)55-49/h1-31H. The molecular weight excluding hydrogens is 675 g/mol. The zero-order valence-corrected chi connectivity index (χ0v) is 29.6. The molecule has 0 atom stereocenters. The lowest BCUT2D eigenvalue weighted by atomic mass is 10.0. The van der Waals surface area contributed by atoms with Gasteiger partial charge in [-0.2, -0.15) is 0 Å². The molecule has 0 spiro atoms. The van der Waals surface area contributed by atoms with Crippen molar-refractivity contribution in [3.63, 3.8) is 0 Å². The first-order valence-corrected chi connectivity index (χ1v) is 18.4. The fraction of sp³-hybridized carbons (Fsp3) is 0. The van der Waals surface area contributed by atoms with Crippen LogP contribution in [0.15, 0.2) is 197 Å². The summed E-state index contributed by atoms with van der Waals surface area (Å²) in [6.45, 7) is 0. The van der Waals surface area contributed by atoms with E-state index >= 15 is 0 Å². The summed E-state index contributed by atoms with van der Waals surface area (Å²) in [5.74, 6) is 0.617. The number of anilines is 3. The second-order valence-electron chi connectivity index (χ2n) is 13.8. The first-order chi connectivity index (χ1) is 27.2. The van der Waals surface area contributed by atoms with Crippen LogP contribution in [0.5, 0.6) is 0 Å². The predicted octanol–water partition coefficient (Wildman–Crippen LogP) is 13.9. The van der Waals surface area contributed by atoms with Crippen LogP contribution in [-0.2, 0) is 0 Å². The van der Waals surface area contributed by atoms with E-state index in [1.807, 2.05) is 54.6 Å². The molecule has 0 aliphatic heterocycles. The molecule has 5 heteroatoms. The van der Waals surface area contributed by atoms with Crippen LogP contribution in [0.4, 0.5) is 17.1 Å². The maximum atomic E-state index is 6.68. The van der Waals surface area contributed by atoms with Crippen LogP contribution >= 0.6 is 0 Å². The van der Waals surface area contributed by atoms with Crippen molar-refractivity contribution >= 4 is 71.8 Å². The number of nitrogens with zero attached hydrogens (tertiary/aromatic N) is 3. The van der Waals surface area contributed by atoms with Gasteiger partial charge in [-0.25, -0.2) is 9.97 Å². The third kappa shape index (κ3) is 5.24. The third-order valence-corrected chi connectivity index (χ3v) is 10.5. The Hall–Kier alpha value is -7.50. The number of fused-ring (bicyclic) bond motifs is 7. The van der Waals surface area contributed by atoms with Gasteiger partial charge in [0, 0.05) is 50.4 Å². The van der Waals surface area contributed by atoms with Gasteiger partial charge in [0.2, 0.25) is 0 Å². The van der Waals surface area contributed by atoms with Crippen molar-refractivity contribution in [1.29, 1.82) is 0 Å². The molecule has 0 radical (unpaired) electrons. The molecule has 11 rings (SSSR count). The molecule has 0 unspecified atom stereocenters. The van der Waals surface area contributed by atoms with E-state index in [9.17, 15) is 0 Å². The molecule has 0 N–H and O–H groups in total. The number of hydrogen-bond donors (Lipinski definition) is 0. The number of furan rings is 2. The van der Waals surface area contributed by atoms with E-state index in [-0.39, 0.29) is 0 Å². The lowest BCUT2D eigenvalue weighted by Crippen LogP contribution is -2.09. The Balaban J connectivity index is 1.08. The Morgan fingerprint density at radius 2 is 1.05 bits per heavy atom. The topological polar surface area (TPSA) is 55.3 Å². The van der Waals surface area contributed by atoms with Gasteiger partial charge in [0.05, 0.1) is 0 Å². The molecule has 11 aromatic rings. The largest absolute Gasteiger partial charge is 0.456 e. The molecule has 0 bridgehead atoms. The van der Waals surface area contributed by atoms with Crippen LogP contribution in [0.1, 0.15) is 0 Å². The molecule has 0 saturated carbocycles. The van der Waals surface area contributed by atoms with Crippen molar-refractivity contribution in [2.45, 2.75) is 0 Å². The van der Waals surface area contributed by atoms with E-state index in [1.165, 1.54) is 21.9 Å². The molecule has 3 aromatic heterocycles. The van der Waals surface area contributed by atoms with Gasteiger partial charge in [-0.1, -0.05) is 127 Å². The minimum Gasteiger partial charge on any atom is -0.456 e. The van der Waals surface area contributed by atoms with Crippen molar-refractivity contribution in [2.75, 3.05) is 4.90 Å². The highest BCUT2D eigenvalue weighted by molar-refractivity contribution is 6.14. The van der Waals surface area contributed by atoms with Crippen LogP contribution in [0.2, 0.25) is 0 Å². The monoisotopic (exact) mass is 705 g/mol. The molecular formula is C50H31N3O2. The molecule has 0 amide bonds. The van der Waals surface area contributed by atoms with Gasteiger partial charge >= 0.3 is 0 Å². The summed E-state index contributed by atoms with van der Waals surface area (Å²) in [5.41, 5.74) is 11.9. The van der Waals surface area contributed by atoms with Gasteiger partial charge in [-0.15, -0.1) is 0 Å². The van der Waals surface area contributed by atoms with Gasteiger partial charge in [0.1, 0.15) is 28.0 Å². The Labute approximate surface area is 316 Å². The highest BCUT2D eigenvalue weighted by atomic mass is 16.3. The minimum absolute atomic E-state index is 0.617. The van der Waals surface area contributed by atoms with Gasteiger partial charge in [-0.05, 0) is 76.5 Å². The summed E-state index contributed by atoms with van der Waals surface area (Å²) in [6, 6.07) is 65.1. The number of aromatic nitrogens is 2. The van der Waals surface area contributed by atoms with Crippen LogP contribution in [0, 0.1) is 0 Å². The van der Waals surface area contributed by atoms with E-state index in [2.05, 4.69) is 138 Å². The number of benzene rings is 8. The molecule has 55 heavy (non-hydrogen) atoms. The molecule has 258 valence electrons. The van der Waals surface area contributed by atoms with Crippen molar-refractivity contribution in [3.05, 3.63) is 188 Å². The van der Waals surface area contributed by atoms with Gasteiger partial charge < -0.3 is 13.7 Å². The molecule has 0 aliphatic carbocycles. The first-order valence-electron chi connectivity index (χ1n) is 18.4. The number of rotatable bonds is 6. The van der Waals surface area contributed by atoms with Crippen molar-refractivity contribution in [3.8, 4) is 33.8 Å². The normalized spacial score (nSPS) is 11.6. The maximum Gasteiger partial charge on any atom is 0.180 e. The average Bonchev–Trinajstić information content (AvgIpc) is 3.82. The third-order valence-electron chi connectivity index (χ3n) is 10.5. The van der Waals surface area contributed by atoms with Gasteiger partial charge in [0.25, 0.3) is 0 Å². The zero-order chi connectivity index (χ0) is 36.3. The van der Waals surface area contributed by atoms with E-state index in [1.54, 1.807) is 0 Å². The summed E-state index contributed by atoms with van der Waals surface area (Å²) in [4.78, 5) is 12.7. The molecule has 3 heterocycles. The first kappa shape index (κ1) is 31.1. The minimum atomic E-state index is 0.617. The van der Waals surface area contributed by atoms with Gasteiger partial charge in [-0.3, -0.25) is 0 Å². The molecule has 0 aliphatic rings. The fourth-order valence-corrected chi connectivity index (χ4v) is 7.84. The summed E-state index contributed by atoms with van der Waals surface area (Å²) >= 11 is 0. The second kappa shape index (κ2) is 12.6. The lowest BCUT2D eigenvalue weighted by molar-refractivity contribution is 0.667. The van der Waals surface area contributed by atoms with Crippen LogP contribution in [-0.4, -0.2) is 9.97 Å². The van der Waals surface area contributed by atoms with E-state index in [0.717, 1.165) is 72.3 Å². The highest BCUT2D eigenvalue weighted by Gasteiger charge is 2.22. The SMILES string of the molecule is c1ccc(-c2ccc(N(c3ccc4ccccc4c3)c3ccc4c(c3)oc3cccc(-c5nc(-c6ccccc6)c6oc7ccccc7c6n5)c34)cc2)cc1. The Bertz CT molecular complexity index is 3200. The Morgan fingerprint density at radius 1 is 0.400 bits per heavy atom. The molecule has 0 fully saturated rings. The number of para-hydroxylation sites is 1. The molecule has 0 saturated heterocycles. The summed E-state index contributed by atoms with van der Waals surface area (Å²) < 4.78 is 13.1. The smallest absolute Gasteiger partial charge is 0.180 e. The zero-order valence-electron chi connectivity index (χ0n) is 29.6. The molecule has 8 aromatic carbocycles. The van der Waals surface area contributed by atoms with Crippen molar-refractivity contribution < 1.29 is 8.83 Å². The second-order valence-corrected chi connectivity index (χ2v) is 13.8. The summed E-state index contributed by atoms with van der Waals surface area (Å²) in [7, 11) is 0. The van der Waals surface area contributed by atoms with Crippen LogP contribution in [0.3, 0.4) is 0 Å². The quantitative estimate of drug-likeness (QED) is 0.172. The molecule has 5 nitrogen and oxygen atoms in total. The van der Waals surface area contributed by atoms with Gasteiger partial charge in [0.15, 0.2) is 11.4 Å². The van der Waals surface area contributed by atoms with E-state index in [0.29, 0.717) is 11.4 Å². The van der Waals surface area contributed by atoms with Crippen molar-refractivity contribution in [1.82, 2.24) is 9.97 Å². The van der Waals surface area contributed by atoms with Crippen LogP contribution < -0.4 is 4.90 Å². The maximum absolute atomic E-state index is 6.68. The fourth-order valence-electron chi connectivity index (χ4n) is 7.84. The Kier molecular flexibility index (Phi) is 7.10. The number of hydrogen-bond acceptors (Lipinski definition) is 5. The average molecular weight is 706 g/mol. The lowest BCUT2D eigenvalue weighted by Gasteiger charge is -2.26. The van der Waals surface area contributed by atoms with Crippen LogP contribution in [0.25, 0.3) is 88.6 Å². The summed E-state index contributed by atoms with van der Waals surface area (Å²) in [6.07, 6.45) is 0. The summed E-state index contributed by atoms with van der Waals surface area (Å²) in [5, 5.41) is 5.30. The highest BCUT2D eigenvalue weighted by Crippen LogP contribution is 2.43. The van der Waals surface area contributed by atoms with E-state index in [4.69, 9.17) is 18.8 Å². The van der Waals surface area contributed by atoms with Crippen molar-refractivity contribution in [2.24, 2.45) is 0 Å². The predicted molar refractivity (Wildman–Crippen MR) is 225 cm³/mol.